The Morgan fingerprint density at radius 1 is 0.966 bits per heavy atom. The number of nitrogens with one attached hydrogen (secondary N) is 3. The second-order valence-electron chi connectivity index (χ2n) is 7.47. The first-order chi connectivity index (χ1) is 13.3. The van der Waals surface area contributed by atoms with E-state index in [9.17, 15) is 9.59 Å². The van der Waals surface area contributed by atoms with Crippen molar-refractivity contribution in [1.82, 2.24) is 10.6 Å². The maximum atomic E-state index is 12.4. The number of urea groups is 1. The Labute approximate surface area is 179 Å². The molecule has 3 amide bonds. The quantitative estimate of drug-likeness (QED) is 0.542. The van der Waals surface area contributed by atoms with Crippen LogP contribution in [0.4, 0.5) is 10.5 Å². The number of halogens is 1. The van der Waals surface area contributed by atoms with Gasteiger partial charge in [0.2, 0.25) is 0 Å². The van der Waals surface area contributed by atoms with Crippen molar-refractivity contribution in [3.8, 4) is 0 Å². The van der Waals surface area contributed by atoms with Crippen LogP contribution in [0.1, 0.15) is 61.1 Å². The van der Waals surface area contributed by atoms with E-state index in [4.69, 9.17) is 5.73 Å². The van der Waals surface area contributed by atoms with Gasteiger partial charge in [0.15, 0.2) is 0 Å². The molecule has 0 saturated heterocycles. The Balaban J connectivity index is 0.00000420. The van der Waals surface area contributed by atoms with Gasteiger partial charge in [-0.3, -0.25) is 4.79 Å². The van der Waals surface area contributed by atoms with Crippen LogP contribution in [-0.2, 0) is 0 Å². The van der Waals surface area contributed by atoms with Gasteiger partial charge in [0.25, 0.3) is 5.91 Å². The molecule has 0 radical (unpaired) electrons. The van der Waals surface area contributed by atoms with Gasteiger partial charge in [0, 0.05) is 29.9 Å². The Hall–Kier alpha value is -2.57. The van der Waals surface area contributed by atoms with Crippen molar-refractivity contribution in [3.05, 3.63) is 65.2 Å². The fourth-order valence-electron chi connectivity index (χ4n) is 2.72. The third kappa shape index (κ3) is 7.75. The average molecular weight is 419 g/mol. The number of benzene rings is 2. The predicted molar refractivity (Wildman–Crippen MR) is 121 cm³/mol. The van der Waals surface area contributed by atoms with Gasteiger partial charge >= 0.3 is 6.03 Å². The third-order valence-electron chi connectivity index (χ3n) is 4.32. The largest absolute Gasteiger partial charge is 0.350 e. The summed E-state index contributed by atoms with van der Waals surface area (Å²) in [6, 6.07) is 14.4. The summed E-state index contributed by atoms with van der Waals surface area (Å²) in [7, 11) is 0. The van der Waals surface area contributed by atoms with Crippen LogP contribution in [0.2, 0.25) is 0 Å². The van der Waals surface area contributed by atoms with Gasteiger partial charge < -0.3 is 21.7 Å². The topological polar surface area (TPSA) is 96.2 Å². The number of rotatable bonds is 7. The first-order valence-corrected chi connectivity index (χ1v) is 9.57. The third-order valence-corrected chi connectivity index (χ3v) is 4.32. The van der Waals surface area contributed by atoms with Crippen molar-refractivity contribution in [3.63, 3.8) is 0 Å². The molecule has 7 heteroatoms. The van der Waals surface area contributed by atoms with Gasteiger partial charge in [-0.2, -0.15) is 0 Å². The van der Waals surface area contributed by atoms with Crippen LogP contribution in [0.5, 0.6) is 0 Å². The van der Waals surface area contributed by atoms with Crippen LogP contribution >= 0.6 is 12.4 Å². The van der Waals surface area contributed by atoms with Crippen molar-refractivity contribution in [2.24, 2.45) is 5.73 Å². The fraction of sp³-hybridized carbons (Fsp3) is 0.364. The molecule has 0 fully saturated rings. The Morgan fingerprint density at radius 2 is 1.59 bits per heavy atom. The molecular weight excluding hydrogens is 388 g/mol. The van der Waals surface area contributed by atoms with Crippen LogP contribution in [0.25, 0.3) is 0 Å². The van der Waals surface area contributed by atoms with Gasteiger partial charge in [-0.25, -0.2) is 4.79 Å². The van der Waals surface area contributed by atoms with E-state index in [1.807, 2.05) is 26.0 Å². The maximum absolute atomic E-state index is 12.4. The van der Waals surface area contributed by atoms with Gasteiger partial charge in [-0.1, -0.05) is 44.2 Å². The van der Waals surface area contributed by atoms with E-state index in [0.717, 1.165) is 5.56 Å². The van der Waals surface area contributed by atoms with Crippen LogP contribution in [0, 0.1) is 0 Å². The maximum Gasteiger partial charge on any atom is 0.319 e. The highest BCUT2D eigenvalue weighted by molar-refractivity contribution is 5.96. The Bertz CT molecular complexity index is 807. The molecule has 5 N–H and O–H groups in total. The first kappa shape index (κ1) is 24.5. The molecule has 2 rings (SSSR count). The number of carbonyl (C=O) groups excluding carboxylic acids is 2. The van der Waals surface area contributed by atoms with Crippen LogP contribution in [0.3, 0.4) is 0 Å². The van der Waals surface area contributed by atoms with E-state index in [1.54, 1.807) is 24.3 Å². The van der Waals surface area contributed by atoms with Crippen LogP contribution < -0.4 is 21.7 Å². The lowest BCUT2D eigenvalue weighted by Gasteiger charge is -2.15. The number of carbonyl (C=O) groups is 2. The highest BCUT2D eigenvalue weighted by Gasteiger charge is 2.12. The van der Waals surface area contributed by atoms with Gasteiger partial charge in [-0.15, -0.1) is 12.4 Å². The summed E-state index contributed by atoms with van der Waals surface area (Å²) in [5.74, 6) is 0.232. The lowest BCUT2D eigenvalue weighted by atomic mass is 9.99. The second kappa shape index (κ2) is 11.4. The zero-order chi connectivity index (χ0) is 20.7. The molecule has 0 aliphatic rings. The van der Waals surface area contributed by atoms with Crippen molar-refractivity contribution in [2.75, 3.05) is 11.9 Å². The normalized spacial score (nSPS) is 11.6. The molecule has 6 nitrogen and oxygen atoms in total. The highest BCUT2D eigenvalue weighted by Crippen LogP contribution is 2.17. The second-order valence-corrected chi connectivity index (χ2v) is 7.47. The zero-order valence-corrected chi connectivity index (χ0v) is 18.2. The van der Waals surface area contributed by atoms with E-state index in [1.165, 1.54) is 5.56 Å². The summed E-state index contributed by atoms with van der Waals surface area (Å²) in [4.78, 5) is 24.2. The molecule has 1 unspecified atom stereocenters. The highest BCUT2D eigenvalue weighted by atomic mass is 35.5. The summed E-state index contributed by atoms with van der Waals surface area (Å²) in [5.41, 5.74) is 9.46. The molecule has 1 atom stereocenters. The summed E-state index contributed by atoms with van der Waals surface area (Å²) in [5, 5.41) is 8.32. The number of amides is 3. The number of anilines is 1. The van der Waals surface area contributed by atoms with Crippen LogP contribution in [0.15, 0.2) is 48.5 Å². The fourth-order valence-corrected chi connectivity index (χ4v) is 2.72. The lowest BCUT2D eigenvalue weighted by molar-refractivity contribution is 0.0951. The Kier molecular flexibility index (Phi) is 9.65. The minimum Gasteiger partial charge on any atom is -0.350 e. The molecule has 0 aromatic heterocycles. The molecule has 158 valence electrons. The summed E-state index contributed by atoms with van der Waals surface area (Å²) >= 11 is 0. The minimum atomic E-state index is -0.306. The van der Waals surface area contributed by atoms with E-state index in [0.29, 0.717) is 23.7 Å². The van der Waals surface area contributed by atoms with Crippen molar-refractivity contribution >= 4 is 30.0 Å². The average Bonchev–Trinajstić information content (AvgIpc) is 2.65. The zero-order valence-electron chi connectivity index (χ0n) is 17.4. The molecule has 0 spiro atoms. The molecule has 0 saturated carbocycles. The van der Waals surface area contributed by atoms with E-state index < -0.39 is 0 Å². The standard InChI is InChI=1S/C22H30N4O2.ClH/c1-14(2)16-8-10-17(11-9-16)20(23)13-24-21(27)18-6-5-7-19(12-18)26-22(28)25-15(3)4;/h5-12,14-15,20H,13,23H2,1-4H3,(H,24,27)(H2,25,26,28);1H. The molecule has 2 aromatic rings. The van der Waals surface area contributed by atoms with E-state index in [-0.39, 0.29) is 36.4 Å². The molecule has 29 heavy (non-hydrogen) atoms. The number of nitrogens with two attached hydrogens (primary N) is 1. The van der Waals surface area contributed by atoms with Crippen molar-refractivity contribution in [2.45, 2.75) is 45.7 Å². The number of hydrogen-bond acceptors (Lipinski definition) is 3. The summed E-state index contributed by atoms with van der Waals surface area (Å²) in [6.07, 6.45) is 0. The van der Waals surface area contributed by atoms with Gasteiger partial charge in [0.1, 0.15) is 0 Å². The summed E-state index contributed by atoms with van der Waals surface area (Å²) in [6.45, 7) is 8.37. The van der Waals surface area contributed by atoms with E-state index in [2.05, 4.69) is 41.9 Å². The number of hydrogen-bond donors (Lipinski definition) is 4. The predicted octanol–water partition coefficient (Wildman–Crippen LogP) is 4.19. The molecule has 2 aromatic carbocycles. The van der Waals surface area contributed by atoms with E-state index >= 15 is 0 Å². The molecule has 0 aliphatic heterocycles. The van der Waals surface area contributed by atoms with Crippen molar-refractivity contribution in [1.29, 1.82) is 0 Å². The SMILES string of the molecule is CC(C)NC(=O)Nc1cccc(C(=O)NCC(N)c2ccc(C(C)C)cc2)c1.Cl. The van der Waals surface area contributed by atoms with Crippen molar-refractivity contribution < 1.29 is 9.59 Å². The smallest absolute Gasteiger partial charge is 0.319 e. The lowest BCUT2D eigenvalue weighted by Crippen LogP contribution is -2.34. The first-order valence-electron chi connectivity index (χ1n) is 9.57. The minimum absolute atomic E-state index is 0. The van der Waals surface area contributed by atoms with Gasteiger partial charge in [-0.05, 0) is 49.1 Å². The monoisotopic (exact) mass is 418 g/mol. The molecule has 0 heterocycles. The van der Waals surface area contributed by atoms with Crippen LogP contribution in [-0.4, -0.2) is 24.5 Å². The van der Waals surface area contributed by atoms with Gasteiger partial charge in [0.05, 0.1) is 0 Å². The Morgan fingerprint density at radius 3 is 2.17 bits per heavy atom. The molecule has 0 bridgehead atoms. The molecule has 0 aliphatic carbocycles. The molecular formula is C22H31ClN4O2. The summed E-state index contributed by atoms with van der Waals surface area (Å²) < 4.78 is 0.